The minimum absolute atomic E-state index is 0.0849. The summed E-state index contributed by atoms with van der Waals surface area (Å²) in [5.41, 5.74) is 4.77. The monoisotopic (exact) mass is 514 g/mol. The van der Waals surface area contributed by atoms with E-state index in [2.05, 4.69) is 9.97 Å². The quantitative estimate of drug-likeness (QED) is 0.335. The highest BCUT2D eigenvalue weighted by molar-refractivity contribution is 7.16. The van der Waals surface area contributed by atoms with Gasteiger partial charge in [0.25, 0.3) is 5.56 Å². The first-order chi connectivity index (χ1) is 16.4. The number of thiazole rings is 1. The number of anilines is 1. The van der Waals surface area contributed by atoms with Crippen LogP contribution < -0.4 is 16.2 Å². The molecule has 0 aromatic carbocycles. The first-order valence-corrected chi connectivity index (χ1v) is 10.9. The smallest absolute Gasteiger partial charge is 0.311 e. The summed E-state index contributed by atoms with van der Waals surface area (Å²) >= 11 is 0.534. The number of nitrogens with zero attached hydrogens (tertiary/aromatic N) is 2. The summed E-state index contributed by atoms with van der Waals surface area (Å²) < 4.78 is 27.6. The van der Waals surface area contributed by atoms with Gasteiger partial charge in [0.2, 0.25) is 5.95 Å². The number of ether oxygens (including phenoxy) is 5. The Morgan fingerprint density at radius 3 is 2.26 bits per heavy atom. The topological polar surface area (TPSA) is 208 Å². The van der Waals surface area contributed by atoms with Gasteiger partial charge in [-0.1, -0.05) is 11.3 Å². The summed E-state index contributed by atoms with van der Waals surface area (Å²) in [6.07, 6.45) is -7.04. The summed E-state index contributed by atoms with van der Waals surface area (Å²) in [5.74, 6) is -3.40. The number of nitrogens with two attached hydrogens (primary N) is 1. The van der Waals surface area contributed by atoms with Gasteiger partial charge in [0.15, 0.2) is 30.2 Å². The van der Waals surface area contributed by atoms with Gasteiger partial charge in [0.05, 0.1) is 0 Å². The number of hydrogen-bond donors (Lipinski definition) is 2. The number of fused-ring (bicyclic) bond motifs is 1. The Morgan fingerprint density at radius 2 is 1.69 bits per heavy atom. The van der Waals surface area contributed by atoms with Crippen LogP contribution in [0.3, 0.4) is 0 Å². The maximum Gasteiger partial charge on any atom is 0.311 e. The molecule has 0 saturated carbocycles. The number of aromatic amines is 1. The van der Waals surface area contributed by atoms with Gasteiger partial charge in [-0.05, 0) is 0 Å². The number of carbonyl (C=O) groups excluding carboxylic acids is 4. The van der Waals surface area contributed by atoms with Crippen LogP contribution in [0.1, 0.15) is 33.9 Å². The van der Waals surface area contributed by atoms with E-state index in [-0.39, 0.29) is 16.3 Å². The molecule has 1 aliphatic rings. The van der Waals surface area contributed by atoms with Crippen molar-refractivity contribution >= 4 is 51.5 Å². The van der Waals surface area contributed by atoms with Gasteiger partial charge in [-0.3, -0.25) is 38.3 Å². The van der Waals surface area contributed by atoms with Crippen LogP contribution in [-0.4, -0.2) is 69.4 Å². The summed E-state index contributed by atoms with van der Waals surface area (Å²) in [7, 11) is 0. The third-order valence-corrected chi connectivity index (χ3v) is 5.65. The fourth-order valence-corrected chi connectivity index (χ4v) is 4.44. The third-order valence-electron chi connectivity index (χ3n) is 4.71. The van der Waals surface area contributed by atoms with Crippen molar-refractivity contribution in [3.63, 3.8) is 0 Å². The van der Waals surface area contributed by atoms with E-state index in [1.165, 1.54) is 0 Å². The van der Waals surface area contributed by atoms with Crippen molar-refractivity contribution in [2.75, 3.05) is 12.3 Å². The van der Waals surface area contributed by atoms with Crippen LogP contribution in [0.15, 0.2) is 9.59 Å². The van der Waals surface area contributed by atoms with Gasteiger partial charge >= 0.3 is 28.8 Å². The summed E-state index contributed by atoms with van der Waals surface area (Å²) in [6.45, 7) is 3.87. The lowest BCUT2D eigenvalue weighted by Crippen LogP contribution is -2.46. The van der Waals surface area contributed by atoms with Crippen LogP contribution in [0.2, 0.25) is 0 Å². The molecule has 1 fully saturated rings. The van der Waals surface area contributed by atoms with E-state index >= 15 is 0 Å². The zero-order valence-corrected chi connectivity index (χ0v) is 19.8. The van der Waals surface area contributed by atoms with Gasteiger partial charge in [-0.25, -0.2) is 0 Å². The highest BCUT2D eigenvalue weighted by Gasteiger charge is 2.55. The molecule has 2 aromatic rings. The molecule has 15 nitrogen and oxygen atoms in total. The maximum absolute atomic E-state index is 12.9. The zero-order valence-electron chi connectivity index (χ0n) is 19.0. The van der Waals surface area contributed by atoms with E-state index in [1.807, 2.05) is 0 Å². The molecule has 1 saturated heterocycles. The predicted octanol–water partition coefficient (Wildman–Crippen LogP) is -1.02. The van der Waals surface area contributed by atoms with E-state index in [9.17, 15) is 28.8 Å². The molecule has 3 heterocycles. The fraction of sp³-hybridized carbons (Fsp3) is 0.526. The zero-order chi connectivity index (χ0) is 26.0. The molecule has 35 heavy (non-hydrogen) atoms. The molecule has 0 spiro atoms. The van der Waals surface area contributed by atoms with Crippen LogP contribution in [-0.2, 0) is 42.9 Å². The normalized spacial score (nSPS) is 22.4. The van der Waals surface area contributed by atoms with Gasteiger partial charge in [-0.2, -0.15) is 4.98 Å². The molecule has 0 aliphatic carbocycles. The van der Waals surface area contributed by atoms with Crippen molar-refractivity contribution in [1.29, 1.82) is 0 Å². The van der Waals surface area contributed by atoms with Crippen LogP contribution in [0, 0.1) is 0 Å². The Labute approximate surface area is 200 Å². The molecule has 2 aromatic heterocycles. The standard InChI is InChI=1S/C19H22N4O11S/c1-6(24)30-5-10(31-7(2)25)11-12(32-8(3)26)13(33-9(4)27)17(34-11)23-15-14(35-19(23)29)16(28)22-18(20)21-15/h10-13,17H,5H2,1-4H3,(H3,20,21,22,28)/t10?,11-,12+,13-,17-/m1/s1. The SMILES string of the molecule is CC(=O)OCC(OC(C)=O)[C@H]1O[C@@H](n2c(=O)sc3c(=O)[nH]c(N)nc32)[C@H](OC(C)=O)[C@H]1OC(C)=O. The van der Waals surface area contributed by atoms with Crippen LogP contribution >= 0.6 is 11.3 Å². The lowest BCUT2D eigenvalue weighted by atomic mass is 10.0. The molecule has 1 aliphatic heterocycles. The Hall–Kier alpha value is -3.79. The maximum atomic E-state index is 12.9. The number of hydrogen-bond acceptors (Lipinski definition) is 14. The highest BCUT2D eigenvalue weighted by atomic mass is 32.1. The Kier molecular flexibility index (Phi) is 7.54. The third kappa shape index (κ3) is 5.65. The van der Waals surface area contributed by atoms with Crippen molar-refractivity contribution in [1.82, 2.24) is 14.5 Å². The molecule has 0 radical (unpaired) electrons. The summed E-state index contributed by atoms with van der Waals surface area (Å²) in [5, 5.41) is 0. The van der Waals surface area contributed by atoms with Gasteiger partial charge < -0.3 is 29.4 Å². The van der Waals surface area contributed by atoms with Crippen molar-refractivity contribution in [3.8, 4) is 0 Å². The van der Waals surface area contributed by atoms with E-state index < -0.39 is 71.6 Å². The first kappa shape index (κ1) is 25.8. The lowest BCUT2D eigenvalue weighted by molar-refractivity contribution is -0.177. The fourth-order valence-electron chi connectivity index (χ4n) is 3.59. The second-order valence-electron chi connectivity index (χ2n) is 7.43. The molecule has 1 unspecified atom stereocenters. The van der Waals surface area contributed by atoms with Gasteiger partial charge in [0.1, 0.15) is 17.4 Å². The Morgan fingerprint density at radius 1 is 1.06 bits per heavy atom. The number of rotatable bonds is 7. The second-order valence-corrected chi connectivity index (χ2v) is 8.39. The second kappa shape index (κ2) is 10.2. The van der Waals surface area contributed by atoms with E-state index in [0.29, 0.717) is 11.3 Å². The number of aromatic nitrogens is 3. The number of nitrogen functional groups attached to an aromatic ring is 1. The van der Waals surface area contributed by atoms with Crippen molar-refractivity contribution in [3.05, 3.63) is 20.0 Å². The number of nitrogens with one attached hydrogen (secondary N) is 1. The first-order valence-electron chi connectivity index (χ1n) is 10.1. The molecule has 5 atom stereocenters. The van der Waals surface area contributed by atoms with Gasteiger partial charge in [0, 0.05) is 27.7 Å². The number of H-pyrrole nitrogens is 1. The number of carbonyl (C=O) groups is 4. The summed E-state index contributed by atoms with van der Waals surface area (Å²) in [4.78, 5) is 77.6. The number of esters is 4. The predicted molar refractivity (Wildman–Crippen MR) is 116 cm³/mol. The average Bonchev–Trinajstić information content (AvgIpc) is 3.21. The van der Waals surface area contributed by atoms with Crippen molar-refractivity contribution < 1.29 is 42.9 Å². The summed E-state index contributed by atoms with van der Waals surface area (Å²) in [6, 6.07) is 0. The molecule has 3 N–H and O–H groups in total. The average molecular weight is 514 g/mol. The molecule has 3 rings (SSSR count). The van der Waals surface area contributed by atoms with E-state index in [0.717, 1.165) is 32.3 Å². The lowest BCUT2D eigenvalue weighted by Gasteiger charge is -2.27. The minimum atomic E-state index is -1.49. The van der Waals surface area contributed by atoms with E-state index in [4.69, 9.17) is 29.4 Å². The minimum Gasteiger partial charge on any atom is -0.462 e. The molecular formula is C19H22N4O11S. The van der Waals surface area contributed by atoms with Crippen LogP contribution in [0.4, 0.5) is 5.95 Å². The highest BCUT2D eigenvalue weighted by Crippen LogP contribution is 2.37. The van der Waals surface area contributed by atoms with Crippen molar-refractivity contribution in [2.45, 2.75) is 58.3 Å². The van der Waals surface area contributed by atoms with Crippen LogP contribution in [0.25, 0.3) is 10.3 Å². The van der Waals surface area contributed by atoms with Gasteiger partial charge in [-0.15, -0.1) is 0 Å². The molecule has 190 valence electrons. The largest absolute Gasteiger partial charge is 0.462 e. The van der Waals surface area contributed by atoms with Crippen molar-refractivity contribution in [2.24, 2.45) is 0 Å². The molecule has 0 bridgehead atoms. The molecular weight excluding hydrogens is 492 g/mol. The van der Waals surface area contributed by atoms with E-state index in [1.54, 1.807) is 0 Å². The Balaban J connectivity index is 2.17. The Bertz CT molecular complexity index is 1280. The molecule has 0 amide bonds. The van der Waals surface area contributed by atoms with Crippen LogP contribution in [0.5, 0.6) is 0 Å². The molecule has 16 heteroatoms.